The minimum Gasteiger partial charge on any atom is -0.383 e. The lowest BCUT2D eigenvalue weighted by molar-refractivity contribution is 0.102. The van der Waals surface area contributed by atoms with Crippen LogP contribution in [0.3, 0.4) is 0 Å². The van der Waals surface area contributed by atoms with Gasteiger partial charge in [-0.3, -0.25) is 4.79 Å². The number of carbonyl (C=O) groups excluding carboxylic acids is 1. The van der Waals surface area contributed by atoms with Crippen LogP contribution in [0.15, 0.2) is 60.9 Å². The molecule has 134 valence electrons. The van der Waals surface area contributed by atoms with Crippen LogP contribution >= 0.6 is 11.3 Å². The minimum absolute atomic E-state index is 0.128. The fraction of sp³-hybridized carbons (Fsp3) is 0.0952. The molecule has 0 saturated heterocycles. The van der Waals surface area contributed by atoms with Gasteiger partial charge in [-0.2, -0.15) is 0 Å². The van der Waals surface area contributed by atoms with E-state index in [9.17, 15) is 4.79 Å². The molecule has 2 aromatic carbocycles. The largest absolute Gasteiger partial charge is 0.383 e. The van der Waals surface area contributed by atoms with Crippen LogP contribution in [-0.2, 0) is 6.42 Å². The molecule has 0 unspecified atom stereocenters. The molecule has 0 atom stereocenters. The Morgan fingerprint density at radius 2 is 1.81 bits per heavy atom. The third kappa shape index (κ3) is 3.27. The summed E-state index contributed by atoms with van der Waals surface area (Å²) < 4.78 is 0. The number of hydrogen-bond donors (Lipinski definition) is 2. The first-order valence-electron chi connectivity index (χ1n) is 8.66. The second-order valence-corrected chi connectivity index (χ2v) is 7.17. The molecule has 0 saturated carbocycles. The van der Waals surface area contributed by atoms with Gasteiger partial charge in [0.1, 0.15) is 17.0 Å². The van der Waals surface area contributed by atoms with Gasteiger partial charge in [0.15, 0.2) is 0 Å². The summed E-state index contributed by atoms with van der Waals surface area (Å²) in [6.07, 6.45) is 2.39. The van der Waals surface area contributed by atoms with Crippen LogP contribution in [0, 0.1) is 0 Å². The number of fused-ring (bicyclic) bond motifs is 1. The standard InChI is InChI=1S/C21H18N4OS/c1-2-16-17(18-19(22)23-12-24-21(18)27-16)13-8-10-15(11-9-13)25-20(26)14-6-4-3-5-7-14/h3-12H,2H2,1H3,(H,25,26)(H2,22,23,24). The van der Waals surface area contributed by atoms with E-state index < -0.39 is 0 Å². The minimum atomic E-state index is -0.128. The first-order valence-corrected chi connectivity index (χ1v) is 9.47. The van der Waals surface area contributed by atoms with Crippen molar-refractivity contribution in [3.05, 3.63) is 71.4 Å². The number of aryl methyl sites for hydroxylation is 1. The number of hydrogen-bond acceptors (Lipinski definition) is 5. The number of thiophene rings is 1. The Hall–Kier alpha value is -3.25. The average Bonchev–Trinajstić information content (AvgIpc) is 3.09. The number of nitrogens with one attached hydrogen (secondary N) is 1. The van der Waals surface area contributed by atoms with Crippen molar-refractivity contribution in [3.63, 3.8) is 0 Å². The second-order valence-electron chi connectivity index (χ2n) is 6.09. The number of anilines is 2. The van der Waals surface area contributed by atoms with Crippen LogP contribution in [0.1, 0.15) is 22.2 Å². The van der Waals surface area contributed by atoms with Crippen molar-refractivity contribution < 1.29 is 4.79 Å². The number of carbonyl (C=O) groups is 1. The van der Waals surface area contributed by atoms with E-state index in [4.69, 9.17) is 5.73 Å². The summed E-state index contributed by atoms with van der Waals surface area (Å²) in [5.41, 5.74) is 9.61. The topological polar surface area (TPSA) is 80.9 Å². The van der Waals surface area contributed by atoms with Crippen molar-refractivity contribution >= 4 is 39.0 Å². The van der Waals surface area contributed by atoms with E-state index in [1.165, 1.54) is 11.2 Å². The molecule has 0 aliphatic carbocycles. The Labute approximate surface area is 160 Å². The van der Waals surface area contributed by atoms with E-state index >= 15 is 0 Å². The molecule has 2 aromatic heterocycles. The number of nitrogens with zero attached hydrogens (tertiary/aromatic N) is 2. The molecule has 0 aliphatic heterocycles. The summed E-state index contributed by atoms with van der Waals surface area (Å²) in [5.74, 6) is 0.364. The van der Waals surface area contributed by atoms with Gasteiger partial charge in [-0.1, -0.05) is 37.3 Å². The van der Waals surface area contributed by atoms with Crippen molar-refractivity contribution in [3.8, 4) is 11.1 Å². The molecule has 3 N–H and O–H groups in total. The summed E-state index contributed by atoms with van der Waals surface area (Å²) >= 11 is 1.64. The lowest BCUT2D eigenvalue weighted by Crippen LogP contribution is -2.11. The van der Waals surface area contributed by atoms with E-state index in [-0.39, 0.29) is 5.91 Å². The van der Waals surface area contributed by atoms with Gasteiger partial charge in [-0.15, -0.1) is 11.3 Å². The fourth-order valence-corrected chi connectivity index (χ4v) is 4.18. The summed E-state index contributed by atoms with van der Waals surface area (Å²) in [5, 5.41) is 3.83. The van der Waals surface area contributed by atoms with E-state index in [0.717, 1.165) is 33.5 Å². The first kappa shape index (κ1) is 17.2. The molecule has 4 aromatic rings. The Morgan fingerprint density at radius 1 is 1.07 bits per heavy atom. The second kappa shape index (κ2) is 7.17. The van der Waals surface area contributed by atoms with Crippen molar-refractivity contribution in [1.29, 1.82) is 0 Å². The molecular formula is C21H18N4OS. The van der Waals surface area contributed by atoms with E-state index in [0.29, 0.717) is 11.4 Å². The van der Waals surface area contributed by atoms with Crippen LogP contribution in [0.2, 0.25) is 0 Å². The first-order chi connectivity index (χ1) is 13.2. The zero-order chi connectivity index (χ0) is 18.8. The number of benzene rings is 2. The van der Waals surface area contributed by atoms with Crippen LogP contribution in [0.5, 0.6) is 0 Å². The lowest BCUT2D eigenvalue weighted by atomic mass is 10.0. The van der Waals surface area contributed by atoms with Gasteiger partial charge >= 0.3 is 0 Å². The third-order valence-electron chi connectivity index (χ3n) is 4.38. The van der Waals surface area contributed by atoms with E-state index in [1.807, 2.05) is 42.5 Å². The van der Waals surface area contributed by atoms with Crippen LogP contribution in [0.25, 0.3) is 21.3 Å². The Morgan fingerprint density at radius 3 is 2.52 bits per heavy atom. The molecule has 4 rings (SSSR count). The maximum atomic E-state index is 12.3. The molecule has 2 heterocycles. The highest BCUT2D eigenvalue weighted by atomic mass is 32.1. The zero-order valence-corrected chi connectivity index (χ0v) is 15.6. The molecule has 1 amide bonds. The van der Waals surface area contributed by atoms with Gasteiger partial charge in [0.05, 0.1) is 5.39 Å². The summed E-state index contributed by atoms with van der Waals surface area (Å²) in [7, 11) is 0. The Kier molecular flexibility index (Phi) is 4.56. The van der Waals surface area contributed by atoms with Crippen molar-refractivity contribution in [1.82, 2.24) is 9.97 Å². The molecule has 0 aliphatic rings. The predicted octanol–water partition coefficient (Wildman–Crippen LogP) is 4.76. The highest BCUT2D eigenvalue weighted by Crippen LogP contribution is 2.40. The molecule has 6 heteroatoms. The molecule has 0 spiro atoms. The highest BCUT2D eigenvalue weighted by molar-refractivity contribution is 7.19. The summed E-state index contributed by atoms with van der Waals surface area (Å²) in [6, 6.07) is 16.9. The number of rotatable bonds is 4. The van der Waals surface area contributed by atoms with Gasteiger partial charge < -0.3 is 11.1 Å². The predicted molar refractivity (Wildman–Crippen MR) is 111 cm³/mol. The quantitative estimate of drug-likeness (QED) is 0.540. The molecule has 5 nitrogen and oxygen atoms in total. The summed E-state index contributed by atoms with van der Waals surface area (Å²) in [6.45, 7) is 2.12. The molecule has 0 radical (unpaired) electrons. The molecule has 0 bridgehead atoms. The average molecular weight is 374 g/mol. The van der Waals surface area contributed by atoms with Crippen molar-refractivity contribution in [2.45, 2.75) is 13.3 Å². The smallest absolute Gasteiger partial charge is 0.255 e. The van der Waals surface area contributed by atoms with Crippen molar-refractivity contribution in [2.24, 2.45) is 0 Å². The maximum absolute atomic E-state index is 12.3. The number of nitrogens with two attached hydrogens (primary N) is 1. The number of aromatic nitrogens is 2. The van der Waals surface area contributed by atoms with E-state index in [2.05, 4.69) is 22.2 Å². The SMILES string of the molecule is CCc1sc2ncnc(N)c2c1-c1ccc(NC(=O)c2ccccc2)cc1. The molecule has 0 fully saturated rings. The third-order valence-corrected chi connectivity index (χ3v) is 5.62. The van der Waals surface area contributed by atoms with Crippen molar-refractivity contribution in [2.75, 3.05) is 11.1 Å². The summed E-state index contributed by atoms with van der Waals surface area (Å²) in [4.78, 5) is 22.9. The van der Waals surface area contributed by atoms with Crippen LogP contribution < -0.4 is 11.1 Å². The fourth-order valence-electron chi connectivity index (χ4n) is 3.07. The van der Waals surface area contributed by atoms with Crippen LogP contribution in [0.4, 0.5) is 11.5 Å². The van der Waals surface area contributed by atoms with Gasteiger partial charge in [0.25, 0.3) is 5.91 Å². The van der Waals surface area contributed by atoms with Gasteiger partial charge in [0, 0.05) is 21.7 Å². The number of amides is 1. The normalized spacial score (nSPS) is 10.9. The van der Waals surface area contributed by atoms with Gasteiger partial charge in [0.2, 0.25) is 0 Å². The molecular weight excluding hydrogens is 356 g/mol. The lowest BCUT2D eigenvalue weighted by Gasteiger charge is -2.08. The van der Waals surface area contributed by atoms with Crippen LogP contribution in [-0.4, -0.2) is 15.9 Å². The van der Waals surface area contributed by atoms with E-state index in [1.54, 1.807) is 23.5 Å². The highest BCUT2D eigenvalue weighted by Gasteiger charge is 2.17. The Bertz CT molecular complexity index is 1100. The van der Waals surface area contributed by atoms with Gasteiger partial charge in [-0.05, 0) is 36.2 Å². The maximum Gasteiger partial charge on any atom is 0.255 e. The molecule has 27 heavy (non-hydrogen) atoms. The number of nitrogen functional groups attached to an aromatic ring is 1. The Balaban J connectivity index is 1.67. The van der Waals surface area contributed by atoms with Gasteiger partial charge in [-0.25, -0.2) is 9.97 Å². The monoisotopic (exact) mass is 374 g/mol. The zero-order valence-electron chi connectivity index (χ0n) is 14.8.